The summed E-state index contributed by atoms with van der Waals surface area (Å²) in [5.41, 5.74) is -1.03. The summed E-state index contributed by atoms with van der Waals surface area (Å²) in [6.45, 7) is 1.60. The van der Waals surface area contributed by atoms with Crippen LogP contribution in [-0.2, 0) is 4.79 Å². The second kappa shape index (κ2) is 4.09. The van der Waals surface area contributed by atoms with Gasteiger partial charge in [0.2, 0.25) is 0 Å². The molecule has 3 nitrogen and oxygen atoms in total. The zero-order valence-electron chi connectivity index (χ0n) is 8.08. The Labute approximate surface area is 78.8 Å². The van der Waals surface area contributed by atoms with Crippen LogP contribution in [0.5, 0.6) is 0 Å². The molecule has 2 atom stereocenters. The van der Waals surface area contributed by atoms with Crippen LogP contribution in [0.1, 0.15) is 45.4 Å². The quantitative estimate of drug-likeness (QED) is 0.645. The van der Waals surface area contributed by atoms with Gasteiger partial charge in [0.1, 0.15) is 0 Å². The Balaban J connectivity index is 2.71. The van der Waals surface area contributed by atoms with Gasteiger partial charge in [0.15, 0.2) is 0 Å². The van der Waals surface area contributed by atoms with Gasteiger partial charge in [0.25, 0.3) is 0 Å². The highest BCUT2D eigenvalue weighted by molar-refractivity contribution is 5.72. The minimum Gasteiger partial charge on any atom is -0.549 e. The molecule has 0 aromatic carbocycles. The minimum absolute atomic E-state index is 0.538. The first-order chi connectivity index (χ1) is 6.07. The molecule has 1 fully saturated rings. The Bertz CT molecular complexity index is 191. The number of aliphatic carboxylic acids is 1. The molecule has 76 valence electrons. The van der Waals surface area contributed by atoms with Gasteiger partial charge in [0.05, 0.1) is 6.10 Å². The van der Waals surface area contributed by atoms with Crippen molar-refractivity contribution in [2.24, 2.45) is 5.41 Å². The van der Waals surface area contributed by atoms with Gasteiger partial charge < -0.3 is 15.0 Å². The van der Waals surface area contributed by atoms with E-state index >= 15 is 0 Å². The Morgan fingerprint density at radius 3 is 2.62 bits per heavy atom. The molecule has 1 aliphatic rings. The summed E-state index contributed by atoms with van der Waals surface area (Å²) >= 11 is 0. The molecule has 1 N–H and O–H groups in total. The molecule has 0 heterocycles. The highest BCUT2D eigenvalue weighted by Crippen LogP contribution is 2.33. The van der Waals surface area contributed by atoms with Crippen molar-refractivity contribution < 1.29 is 15.0 Å². The lowest BCUT2D eigenvalue weighted by atomic mass is 9.76. The van der Waals surface area contributed by atoms with Gasteiger partial charge >= 0.3 is 0 Å². The van der Waals surface area contributed by atoms with Gasteiger partial charge in [-0.05, 0) is 12.8 Å². The van der Waals surface area contributed by atoms with E-state index in [1.807, 2.05) is 0 Å². The lowest BCUT2D eigenvalue weighted by molar-refractivity contribution is -0.323. The second-order valence-corrected chi connectivity index (χ2v) is 4.17. The van der Waals surface area contributed by atoms with Crippen LogP contribution in [0.2, 0.25) is 0 Å². The third-order valence-corrected chi connectivity index (χ3v) is 3.13. The predicted octanol–water partition coefficient (Wildman–Crippen LogP) is 0.458. The average molecular weight is 185 g/mol. The summed E-state index contributed by atoms with van der Waals surface area (Å²) in [6.07, 6.45) is 4.35. The number of carbonyl (C=O) groups excluding carboxylic acids is 1. The van der Waals surface area contributed by atoms with Crippen molar-refractivity contribution in [3.05, 3.63) is 0 Å². The van der Waals surface area contributed by atoms with Crippen LogP contribution in [0, 0.1) is 5.41 Å². The molecule has 0 aromatic heterocycles. The molecule has 1 aliphatic carbocycles. The maximum atomic E-state index is 10.9. The fourth-order valence-electron chi connectivity index (χ4n) is 1.91. The van der Waals surface area contributed by atoms with Crippen molar-refractivity contribution in [2.45, 2.75) is 51.6 Å². The highest BCUT2D eigenvalue weighted by atomic mass is 16.4. The Morgan fingerprint density at radius 1 is 1.38 bits per heavy atom. The van der Waals surface area contributed by atoms with E-state index in [2.05, 4.69) is 0 Å². The first kappa shape index (κ1) is 10.5. The smallest absolute Gasteiger partial charge is 0.0645 e. The van der Waals surface area contributed by atoms with Crippen LogP contribution in [0.15, 0.2) is 0 Å². The number of aliphatic hydroxyl groups excluding tert-OH is 1. The number of carbonyl (C=O) groups is 1. The monoisotopic (exact) mass is 185 g/mol. The molecule has 0 radical (unpaired) electrons. The molecule has 0 unspecified atom stereocenters. The Kier molecular flexibility index (Phi) is 3.31. The summed E-state index contributed by atoms with van der Waals surface area (Å²) in [7, 11) is 0. The van der Waals surface area contributed by atoms with Crippen LogP contribution < -0.4 is 5.11 Å². The normalized spacial score (nSPS) is 36.3. The summed E-state index contributed by atoms with van der Waals surface area (Å²) in [6, 6.07) is 0. The van der Waals surface area contributed by atoms with Crippen molar-refractivity contribution >= 4 is 5.97 Å². The van der Waals surface area contributed by atoms with Crippen LogP contribution >= 0.6 is 0 Å². The van der Waals surface area contributed by atoms with Crippen molar-refractivity contribution in [3.8, 4) is 0 Å². The number of carboxylic acids is 1. The zero-order chi connectivity index (χ0) is 9.90. The molecule has 0 aliphatic heterocycles. The molecule has 3 heteroatoms. The van der Waals surface area contributed by atoms with Gasteiger partial charge in [-0.3, -0.25) is 0 Å². The van der Waals surface area contributed by atoms with Crippen molar-refractivity contribution in [3.63, 3.8) is 0 Å². The number of rotatable bonds is 1. The third-order valence-electron chi connectivity index (χ3n) is 3.13. The molecular weight excluding hydrogens is 168 g/mol. The molecule has 1 rings (SSSR count). The molecule has 0 bridgehead atoms. The standard InChI is InChI=1S/C10H18O3/c1-10(9(12)13)7-5-3-2-4-6-8(10)11/h8,11H,2-7H2,1H3,(H,12,13)/p-1/t8-,10+/m1/s1. The molecule has 1 saturated carbocycles. The molecule has 0 aromatic rings. The second-order valence-electron chi connectivity index (χ2n) is 4.17. The van der Waals surface area contributed by atoms with Gasteiger partial charge in [-0.25, -0.2) is 0 Å². The van der Waals surface area contributed by atoms with E-state index < -0.39 is 17.5 Å². The van der Waals surface area contributed by atoms with E-state index in [0.717, 1.165) is 25.7 Å². The largest absolute Gasteiger partial charge is 0.549 e. The van der Waals surface area contributed by atoms with Crippen molar-refractivity contribution in [1.29, 1.82) is 0 Å². The highest BCUT2D eigenvalue weighted by Gasteiger charge is 2.34. The first-order valence-electron chi connectivity index (χ1n) is 4.97. The van der Waals surface area contributed by atoms with Crippen LogP contribution in [0.4, 0.5) is 0 Å². The molecular formula is C10H17O3-. The van der Waals surface area contributed by atoms with E-state index in [4.69, 9.17) is 0 Å². The van der Waals surface area contributed by atoms with Crippen LogP contribution in [0.3, 0.4) is 0 Å². The third kappa shape index (κ3) is 2.21. The van der Waals surface area contributed by atoms with E-state index in [0.29, 0.717) is 12.8 Å². The average Bonchev–Trinajstić information content (AvgIpc) is 2.07. The van der Waals surface area contributed by atoms with Crippen LogP contribution in [-0.4, -0.2) is 17.2 Å². The van der Waals surface area contributed by atoms with Crippen LogP contribution in [0.25, 0.3) is 0 Å². The van der Waals surface area contributed by atoms with Gasteiger partial charge in [-0.2, -0.15) is 0 Å². The van der Waals surface area contributed by atoms with E-state index in [1.165, 1.54) is 0 Å². The van der Waals surface area contributed by atoms with E-state index in [-0.39, 0.29) is 0 Å². The van der Waals surface area contributed by atoms with Gasteiger partial charge in [-0.15, -0.1) is 0 Å². The summed E-state index contributed by atoms with van der Waals surface area (Å²) in [5.74, 6) is -1.11. The fourth-order valence-corrected chi connectivity index (χ4v) is 1.91. The predicted molar refractivity (Wildman–Crippen MR) is 46.8 cm³/mol. The Hall–Kier alpha value is -0.570. The summed E-state index contributed by atoms with van der Waals surface area (Å²) in [4.78, 5) is 10.9. The SMILES string of the molecule is C[C@]1(C(=O)[O-])CCCCCC[C@H]1O. The maximum absolute atomic E-state index is 10.9. The molecule has 0 saturated heterocycles. The van der Waals surface area contributed by atoms with Gasteiger partial charge in [-0.1, -0.05) is 32.6 Å². The lowest BCUT2D eigenvalue weighted by Crippen LogP contribution is -2.48. The number of carboxylic acid groups (broad SMARTS) is 1. The number of hydrogen-bond donors (Lipinski definition) is 1. The van der Waals surface area contributed by atoms with Crippen molar-refractivity contribution in [2.75, 3.05) is 0 Å². The minimum atomic E-state index is -1.11. The van der Waals surface area contributed by atoms with E-state index in [1.54, 1.807) is 6.92 Å². The molecule has 0 amide bonds. The lowest BCUT2D eigenvalue weighted by Gasteiger charge is -2.37. The zero-order valence-corrected chi connectivity index (χ0v) is 8.08. The van der Waals surface area contributed by atoms with Crippen molar-refractivity contribution in [1.82, 2.24) is 0 Å². The summed E-state index contributed by atoms with van der Waals surface area (Å²) < 4.78 is 0. The number of hydrogen-bond acceptors (Lipinski definition) is 3. The topological polar surface area (TPSA) is 60.4 Å². The molecule has 0 spiro atoms. The fraction of sp³-hybridized carbons (Fsp3) is 0.900. The maximum Gasteiger partial charge on any atom is 0.0645 e. The Morgan fingerprint density at radius 2 is 2.00 bits per heavy atom. The van der Waals surface area contributed by atoms with E-state index in [9.17, 15) is 15.0 Å². The van der Waals surface area contributed by atoms with Gasteiger partial charge in [0, 0.05) is 11.4 Å². The number of aliphatic hydroxyl groups is 1. The summed E-state index contributed by atoms with van der Waals surface area (Å²) in [5, 5.41) is 20.6. The first-order valence-corrected chi connectivity index (χ1v) is 4.97. The molecule has 13 heavy (non-hydrogen) atoms.